The van der Waals surface area contributed by atoms with E-state index < -0.39 is 0 Å². The van der Waals surface area contributed by atoms with Gasteiger partial charge in [-0.2, -0.15) is 0 Å². The van der Waals surface area contributed by atoms with Crippen LogP contribution in [0.5, 0.6) is 5.75 Å². The molecule has 2 N–H and O–H groups in total. The fourth-order valence-corrected chi connectivity index (χ4v) is 2.67. The molecule has 3 aromatic rings. The van der Waals surface area contributed by atoms with Gasteiger partial charge in [-0.3, -0.25) is 0 Å². The first-order valence-corrected chi connectivity index (χ1v) is 8.38. The standard InChI is InChI=1S/C22H21NO3/c1-25-22(24)18-12-10-16(11-13-18)15-26-20-9-5-8-19(14-20)21(23)17-6-3-2-4-7-17/h2-14,21H,15,23H2,1H3/t21-/m0/s1. The van der Waals surface area contributed by atoms with Crippen LogP contribution in [0.2, 0.25) is 0 Å². The third-order valence-electron chi connectivity index (χ3n) is 4.16. The Bertz CT molecular complexity index is 860. The van der Waals surface area contributed by atoms with Gasteiger partial charge in [-0.25, -0.2) is 4.79 Å². The third kappa shape index (κ3) is 4.29. The molecular formula is C22H21NO3. The Morgan fingerprint density at radius 2 is 1.62 bits per heavy atom. The second kappa shape index (κ2) is 8.32. The van der Waals surface area contributed by atoms with Crippen LogP contribution in [0.1, 0.15) is 33.1 Å². The molecule has 0 aromatic heterocycles. The molecule has 0 aliphatic heterocycles. The quantitative estimate of drug-likeness (QED) is 0.682. The van der Waals surface area contributed by atoms with Crippen LogP contribution >= 0.6 is 0 Å². The molecule has 3 aromatic carbocycles. The number of benzene rings is 3. The maximum absolute atomic E-state index is 11.5. The predicted molar refractivity (Wildman–Crippen MR) is 101 cm³/mol. The Hall–Kier alpha value is -3.11. The van der Waals surface area contributed by atoms with Crippen molar-refractivity contribution in [2.45, 2.75) is 12.6 Å². The van der Waals surface area contributed by atoms with Gasteiger partial charge >= 0.3 is 5.97 Å². The zero-order valence-corrected chi connectivity index (χ0v) is 14.6. The lowest BCUT2D eigenvalue weighted by atomic mass is 10.00. The SMILES string of the molecule is COC(=O)c1ccc(COc2cccc([C@@H](N)c3ccccc3)c2)cc1. The molecule has 0 saturated carbocycles. The van der Waals surface area contributed by atoms with Gasteiger partial charge in [0, 0.05) is 0 Å². The molecule has 0 aliphatic rings. The number of rotatable bonds is 6. The summed E-state index contributed by atoms with van der Waals surface area (Å²) in [7, 11) is 1.37. The van der Waals surface area contributed by atoms with Crippen LogP contribution in [0.15, 0.2) is 78.9 Å². The van der Waals surface area contributed by atoms with E-state index in [2.05, 4.69) is 0 Å². The molecule has 0 fully saturated rings. The van der Waals surface area contributed by atoms with Crippen molar-refractivity contribution in [2.75, 3.05) is 7.11 Å². The molecule has 0 bridgehead atoms. The van der Waals surface area contributed by atoms with Gasteiger partial charge in [0.25, 0.3) is 0 Å². The first kappa shape index (κ1) is 17.7. The average molecular weight is 347 g/mol. The summed E-state index contributed by atoms with van der Waals surface area (Å²) in [6.07, 6.45) is 0. The Balaban J connectivity index is 1.66. The van der Waals surface area contributed by atoms with Crippen molar-refractivity contribution in [3.63, 3.8) is 0 Å². The molecule has 0 amide bonds. The van der Waals surface area contributed by atoms with Crippen LogP contribution < -0.4 is 10.5 Å². The molecule has 3 rings (SSSR count). The summed E-state index contributed by atoms with van der Waals surface area (Å²) in [5.74, 6) is 0.408. The van der Waals surface area contributed by atoms with Crippen LogP contribution in [0.4, 0.5) is 0 Å². The summed E-state index contributed by atoms with van der Waals surface area (Å²) in [4.78, 5) is 11.5. The minimum Gasteiger partial charge on any atom is -0.489 e. The lowest BCUT2D eigenvalue weighted by molar-refractivity contribution is 0.0600. The van der Waals surface area contributed by atoms with E-state index >= 15 is 0 Å². The molecule has 26 heavy (non-hydrogen) atoms. The molecule has 4 nitrogen and oxygen atoms in total. The minimum absolute atomic E-state index is 0.195. The molecule has 0 saturated heterocycles. The maximum Gasteiger partial charge on any atom is 0.337 e. The summed E-state index contributed by atoms with van der Waals surface area (Å²) < 4.78 is 10.6. The Morgan fingerprint density at radius 3 is 2.31 bits per heavy atom. The molecule has 0 aliphatic carbocycles. The monoisotopic (exact) mass is 347 g/mol. The highest BCUT2D eigenvalue weighted by molar-refractivity contribution is 5.89. The fourth-order valence-electron chi connectivity index (χ4n) is 2.67. The van der Waals surface area contributed by atoms with Crippen molar-refractivity contribution in [3.05, 3.63) is 101 Å². The van der Waals surface area contributed by atoms with E-state index in [0.29, 0.717) is 12.2 Å². The number of esters is 1. The number of nitrogens with two attached hydrogens (primary N) is 1. The van der Waals surface area contributed by atoms with Crippen molar-refractivity contribution in [1.82, 2.24) is 0 Å². The maximum atomic E-state index is 11.5. The highest BCUT2D eigenvalue weighted by Crippen LogP contribution is 2.23. The highest BCUT2D eigenvalue weighted by atomic mass is 16.5. The zero-order chi connectivity index (χ0) is 18.4. The molecule has 0 spiro atoms. The van der Waals surface area contributed by atoms with Gasteiger partial charge < -0.3 is 15.2 Å². The number of hydrogen-bond donors (Lipinski definition) is 1. The van der Waals surface area contributed by atoms with E-state index in [4.69, 9.17) is 15.2 Å². The molecule has 0 unspecified atom stereocenters. The van der Waals surface area contributed by atoms with E-state index in [1.165, 1.54) is 7.11 Å². The van der Waals surface area contributed by atoms with Crippen molar-refractivity contribution < 1.29 is 14.3 Å². The van der Waals surface area contributed by atoms with Gasteiger partial charge in [-0.1, -0.05) is 54.6 Å². The molecule has 132 valence electrons. The summed E-state index contributed by atoms with van der Waals surface area (Å²) in [5.41, 5.74) is 9.89. The molecule has 0 heterocycles. The van der Waals surface area contributed by atoms with Gasteiger partial charge in [-0.05, 0) is 41.0 Å². The number of methoxy groups -OCH3 is 1. The van der Waals surface area contributed by atoms with Crippen molar-refractivity contribution >= 4 is 5.97 Å². The van der Waals surface area contributed by atoms with Crippen LogP contribution in [0.25, 0.3) is 0 Å². The summed E-state index contributed by atoms with van der Waals surface area (Å²) in [5, 5.41) is 0. The highest BCUT2D eigenvalue weighted by Gasteiger charge is 2.09. The molecular weight excluding hydrogens is 326 g/mol. The van der Waals surface area contributed by atoms with Gasteiger partial charge in [0.05, 0.1) is 18.7 Å². The lowest BCUT2D eigenvalue weighted by Crippen LogP contribution is -2.11. The Kier molecular flexibility index (Phi) is 5.66. The third-order valence-corrected chi connectivity index (χ3v) is 4.16. The van der Waals surface area contributed by atoms with Gasteiger partial charge in [-0.15, -0.1) is 0 Å². The van der Waals surface area contributed by atoms with Crippen LogP contribution in [0, 0.1) is 0 Å². The van der Waals surface area contributed by atoms with Crippen molar-refractivity contribution in [3.8, 4) is 5.75 Å². The second-order valence-electron chi connectivity index (χ2n) is 5.94. The summed E-state index contributed by atoms with van der Waals surface area (Å²) >= 11 is 0. The van der Waals surface area contributed by atoms with E-state index in [1.54, 1.807) is 12.1 Å². The van der Waals surface area contributed by atoms with Gasteiger partial charge in [0.15, 0.2) is 0 Å². The van der Waals surface area contributed by atoms with E-state index in [0.717, 1.165) is 22.4 Å². The summed E-state index contributed by atoms with van der Waals surface area (Å²) in [6.45, 7) is 0.408. The predicted octanol–water partition coefficient (Wildman–Crippen LogP) is 4.10. The molecule has 4 heteroatoms. The first-order valence-electron chi connectivity index (χ1n) is 8.38. The van der Waals surface area contributed by atoms with Crippen LogP contribution in [0.3, 0.4) is 0 Å². The number of hydrogen-bond acceptors (Lipinski definition) is 4. The fraction of sp³-hybridized carbons (Fsp3) is 0.136. The van der Waals surface area contributed by atoms with Crippen LogP contribution in [-0.4, -0.2) is 13.1 Å². The molecule has 1 atom stereocenters. The van der Waals surface area contributed by atoms with E-state index in [1.807, 2.05) is 66.7 Å². The number of carbonyl (C=O) groups excluding carboxylic acids is 1. The minimum atomic E-state index is -0.347. The largest absolute Gasteiger partial charge is 0.489 e. The lowest BCUT2D eigenvalue weighted by Gasteiger charge is -2.14. The zero-order valence-electron chi connectivity index (χ0n) is 14.6. The number of ether oxygens (including phenoxy) is 2. The second-order valence-corrected chi connectivity index (χ2v) is 5.94. The van der Waals surface area contributed by atoms with Crippen molar-refractivity contribution in [1.29, 1.82) is 0 Å². The van der Waals surface area contributed by atoms with Gasteiger partial charge in [0.2, 0.25) is 0 Å². The van der Waals surface area contributed by atoms with Crippen LogP contribution in [-0.2, 0) is 11.3 Å². The van der Waals surface area contributed by atoms with E-state index in [-0.39, 0.29) is 12.0 Å². The normalized spacial score (nSPS) is 11.6. The van der Waals surface area contributed by atoms with Gasteiger partial charge in [0.1, 0.15) is 12.4 Å². The van der Waals surface area contributed by atoms with E-state index in [9.17, 15) is 4.79 Å². The Labute approximate surface area is 153 Å². The van der Waals surface area contributed by atoms with Crippen molar-refractivity contribution in [2.24, 2.45) is 5.73 Å². The first-order chi connectivity index (χ1) is 12.7. The number of carbonyl (C=O) groups is 1. The Morgan fingerprint density at radius 1 is 0.923 bits per heavy atom. The summed E-state index contributed by atoms with van der Waals surface area (Å²) in [6, 6.07) is 24.7. The smallest absolute Gasteiger partial charge is 0.337 e. The average Bonchev–Trinajstić information content (AvgIpc) is 2.72. The molecule has 0 radical (unpaired) electrons. The topological polar surface area (TPSA) is 61.5 Å².